The van der Waals surface area contributed by atoms with Gasteiger partial charge in [0.2, 0.25) is 0 Å². The molecule has 5 nitrogen and oxygen atoms in total. The van der Waals surface area contributed by atoms with Crippen LogP contribution < -0.4 is 10.9 Å². The molecule has 0 radical (unpaired) electrons. The van der Waals surface area contributed by atoms with Crippen LogP contribution in [0.2, 0.25) is 0 Å². The summed E-state index contributed by atoms with van der Waals surface area (Å²) >= 11 is 0. The first-order valence-corrected chi connectivity index (χ1v) is 7.14. The second-order valence-corrected chi connectivity index (χ2v) is 4.90. The molecular weight excluding hydrogens is 288 g/mol. The van der Waals surface area contributed by atoms with Gasteiger partial charge in [-0.3, -0.25) is 20.6 Å². The third-order valence-electron chi connectivity index (χ3n) is 3.39. The predicted octanol–water partition coefficient (Wildman–Crippen LogP) is 2.78. The molecule has 2 N–H and O–H groups in total. The molecule has 0 saturated heterocycles. The third-order valence-corrected chi connectivity index (χ3v) is 3.39. The first-order chi connectivity index (χ1) is 11.3. The molecule has 0 aliphatic rings. The Labute approximate surface area is 134 Å². The monoisotopic (exact) mass is 304 g/mol. The summed E-state index contributed by atoms with van der Waals surface area (Å²) in [5, 5.41) is 0. The molecule has 0 aliphatic heterocycles. The first-order valence-electron chi connectivity index (χ1n) is 7.14. The molecule has 0 saturated carbocycles. The maximum absolute atomic E-state index is 12.5. The number of amides is 1. The fraction of sp³-hybridized carbons (Fsp3) is 0. The lowest BCUT2D eigenvalue weighted by Crippen LogP contribution is -2.36. The molecule has 2 aromatic heterocycles. The van der Waals surface area contributed by atoms with Crippen molar-refractivity contribution in [3.8, 4) is 5.69 Å². The van der Waals surface area contributed by atoms with Crippen molar-refractivity contribution in [3.63, 3.8) is 0 Å². The minimum atomic E-state index is -0.232. The van der Waals surface area contributed by atoms with E-state index in [0.717, 1.165) is 11.3 Å². The molecule has 0 unspecified atom stereocenters. The summed E-state index contributed by atoms with van der Waals surface area (Å²) in [7, 11) is 0. The topological polar surface area (TPSA) is 58.9 Å². The van der Waals surface area contributed by atoms with Gasteiger partial charge in [0.05, 0.1) is 16.9 Å². The zero-order valence-corrected chi connectivity index (χ0v) is 12.4. The fourth-order valence-corrected chi connectivity index (χ4v) is 2.21. The fourth-order valence-electron chi connectivity index (χ4n) is 2.21. The maximum Gasteiger partial charge on any atom is 0.271 e. The predicted molar refractivity (Wildman–Crippen MR) is 89.6 cm³/mol. The number of hydrogen-bond donors (Lipinski definition) is 2. The number of pyridine rings is 1. The highest BCUT2D eigenvalue weighted by Crippen LogP contribution is 2.14. The van der Waals surface area contributed by atoms with E-state index in [4.69, 9.17) is 0 Å². The van der Waals surface area contributed by atoms with Gasteiger partial charge in [0.1, 0.15) is 0 Å². The number of carbonyl (C=O) groups excluding carboxylic acids is 1. The van der Waals surface area contributed by atoms with Gasteiger partial charge in [-0.15, -0.1) is 0 Å². The van der Waals surface area contributed by atoms with Crippen molar-refractivity contribution in [1.29, 1.82) is 0 Å². The van der Waals surface area contributed by atoms with Gasteiger partial charge in [-0.1, -0.05) is 18.7 Å². The maximum atomic E-state index is 12.5. The van der Waals surface area contributed by atoms with E-state index in [1.807, 2.05) is 59.4 Å². The molecule has 114 valence electrons. The van der Waals surface area contributed by atoms with E-state index >= 15 is 0 Å². The molecule has 3 aromatic rings. The molecule has 0 spiro atoms. The highest BCUT2D eigenvalue weighted by atomic mass is 16.2. The molecule has 3 rings (SSSR count). The summed E-state index contributed by atoms with van der Waals surface area (Å²) in [6.07, 6.45) is 7.14. The lowest BCUT2D eigenvalue weighted by molar-refractivity contribution is 0.0942. The highest BCUT2D eigenvalue weighted by Gasteiger charge is 2.11. The zero-order chi connectivity index (χ0) is 16.1. The Morgan fingerprint density at radius 3 is 2.39 bits per heavy atom. The quantitative estimate of drug-likeness (QED) is 0.713. The van der Waals surface area contributed by atoms with Crippen LogP contribution in [0.1, 0.15) is 15.9 Å². The Morgan fingerprint density at radius 1 is 0.957 bits per heavy atom. The first kappa shape index (κ1) is 14.6. The number of nitrogens with one attached hydrogen (secondary N) is 2. The number of hydrogen-bond acceptors (Lipinski definition) is 3. The van der Waals surface area contributed by atoms with Crippen LogP contribution >= 0.6 is 0 Å². The van der Waals surface area contributed by atoms with E-state index in [-0.39, 0.29) is 5.91 Å². The summed E-state index contributed by atoms with van der Waals surface area (Å²) in [4.78, 5) is 16.4. The number of rotatable bonds is 5. The Bertz CT molecular complexity index is 810. The summed E-state index contributed by atoms with van der Waals surface area (Å²) < 4.78 is 1.90. The van der Waals surface area contributed by atoms with Gasteiger partial charge in [0, 0.05) is 30.4 Å². The summed E-state index contributed by atoms with van der Waals surface area (Å²) in [5.41, 5.74) is 8.35. The number of hydrazine groups is 1. The van der Waals surface area contributed by atoms with E-state index in [1.54, 1.807) is 18.5 Å². The van der Waals surface area contributed by atoms with Crippen LogP contribution in [0.15, 0.2) is 79.9 Å². The lowest BCUT2D eigenvalue weighted by atomic mass is 10.1. The van der Waals surface area contributed by atoms with Crippen LogP contribution in [0.5, 0.6) is 0 Å². The van der Waals surface area contributed by atoms with Gasteiger partial charge in [0.15, 0.2) is 0 Å². The van der Waals surface area contributed by atoms with E-state index in [0.29, 0.717) is 11.3 Å². The third kappa shape index (κ3) is 3.29. The number of para-hydroxylation sites is 1. The number of benzene rings is 1. The summed E-state index contributed by atoms with van der Waals surface area (Å²) in [6.45, 7) is 3.90. The van der Waals surface area contributed by atoms with Crippen LogP contribution in [0.4, 0.5) is 0 Å². The Balaban J connectivity index is 1.73. The van der Waals surface area contributed by atoms with Crippen molar-refractivity contribution in [2.45, 2.75) is 0 Å². The van der Waals surface area contributed by atoms with E-state index in [2.05, 4.69) is 22.4 Å². The van der Waals surface area contributed by atoms with Crippen molar-refractivity contribution in [3.05, 3.63) is 91.0 Å². The molecule has 0 aliphatic carbocycles. The van der Waals surface area contributed by atoms with E-state index in [1.165, 1.54) is 0 Å². The van der Waals surface area contributed by atoms with Crippen LogP contribution in [-0.2, 0) is 0 Å². The molecule has 1 aromatic carbocycles. The average molecular weight is 304 g/mol. The van der Waals surface area contributed by atoms with Crippen molar-refractivity contribution < 1.29 is 4.79 Å². The van der Waals surface area contributed by atoms with Gasteiger partial charge in [0.25, 0.3) is 5.91 Å². The highest BCUT2D eigenvalue weighted by molar-refractivity contribution is 5.97. The molecule has 5 heteroatoms. The van der Waals surface area contributed by atoms with Crippen molar-refractivity contribution in [2.75, 3.05) is 0 Å². The SMILES string of the molecule is C=C(NNC(=O)c1ccccc1-n1cccc1)c1ccncc1. The van der Waals surface area contributed by atoms with E-state index < -0.39 is 0 Å². The number of nitrogens with zero attached hydrogens (tertiary/aromatic N) is 2. The smallest absolute Gasteiger partial charge is 0.271 e. The van der Waals surface area contributed by atoms with Gasteiger partial charge in [-0.2, -0.15) is 0 Å². The standard InChI is InChI=1S/C18H16N4O/c1-14(15-8-10-19-11-9-15)20-21-18(23)16-6-2-3-7-17(16)22-12-4-5-13-22/h2-13,20H,1H2,(H,21,23). The Kier molecular flexibility index (Phi) is 4.20. The van der Waals surface area contributed by atoms with Gasteiger partial charge in [-0.05, 0) is 36.4 Å². The molecule has 0 bridgehead atoms. The Morgan fingerprint density at radius 2 is 1.65 bits per heavy atom. The largest absolute Gasteiger partial charge is 0.323 e. The summed E-state index contributed by atoms with van der Waals surface area (Å²) in [6, 6.07) is 14.9. The second-order valence-electron chi connectivity index (χ2n) is 4.90. The second kappa shape index (κ2) is 6.62. The molecular formula is C18H16N4O. The normalized spacial score (nSPS) is 10.1. The molecule has 2 heterocycles. The van der Waals surface area contributed by atoms with Crippen LogP contribution in [-0.4, -0.2) is 15.5 Å². The van der Waals surface area contributed by atoms with Crippen molar-refractivity contribution in [2.24, 2.45) is 0 Å². The van der Waals surface area contributed by atoms with Gasteiger partial charge in [-0.25, -0.2) is 0 Å². The molecule has 0 atom stereocenters. The van der Waals surface area contributed by atoms with Crippen LogP contribution in [0.3, 0.4) is 0 Å². The summed E-state index contributed by atoms with van der Waals surface area (Å²) in [5.74, 6) is -0.232. The molecule has 0 fully saturated rings. The molecule has 23 heavy (non-hydrogen) atoms. The van der Waals surface area contributed by atoms with Crippen molar-refractivity contribution in [1.82, 2.24) is 20.4 Å². The zero-order valence-electron chi connectivity index (χ0n) is 12.4. The van der Waals surface area contributed by atoms with Gasteiger partial charge < -0.3 is 4.57 Å². The Hall–Kier alpha value is -3.34. The van der Waals surface area contributed by atoms with Crippen molar-refractivity contribution >= 4 is 11.6 Å². The minimum Gasteiger partial charge on any atom is -0.323 e. The van der Waals surface area contributed by atoms with Gasteiger partial charge >= 0.3 is 0 Å². The minimum absolute atomic E-state index is 0.232. The molecule has 1 amide bonds. The average Bonchev–Trinajstić information content (AvgIpc) is 3.14. The van der Waals surface area contributed by atoms with Crippen LogP contribution in [0, 0.1) is 0 Å². The van der Waals surface area contributed by atoms with E-state index in [9.17, 15) is 4.79 Å². The number of aromatic nitrogens is 2. The number of carbonyl (C=O) groups is 1. The lowest BCUT2D eigenvalue weighted by Gasteiger charge is -2.13. The van der Waals surface area contributed by atoms with Crippen LogP contribution in [0.25, 0.3) is 11.4 Å².